The summed E-state index contributed by atoms with van der Waals surface area (Å²) in [6, 6.07) is 6.94. The Labute approximate surface area is 161 Å². The van der Waals surface area contributed by atoms with Crippen LogP contribution >= 0.6 is 11.8 Å². The predicted octanol–water partition coefficient (Wildman–Crippen LogP) is 2.84. The van der Waals surface area contributed by atoms with Gasteiger partial charge in [0.25, 0.3) is 15.9 Å². The summed E-state index contributed by atoms with van der Waals surface area (Å²) in [5.41, 5.74) is 1.11. The summed E-state index contributed by atoms with van der Waals surface area (Å²) in [6.07, 6.45) is 0. The van der Waals surface area contributed by atoms with Crippen molar-refractivity contribution in [3.05, 3.63) is 35.6 Å². The lowest BCUT2D eigenvalue weighted by atomic mass is 9.93. The van der Waals surface area contributed by atoms with Gasteiger partial charge in [0, 0.05) is 28.5 Å². The first kappa shape index (κ1) is 18.1. The zero-order chi connectivity index (χ0) is 19.4. The number of nitrogens with one attached hydrogen (secondary N) is 1. The molecule has 3 heterocycles. The van der Waals surface area contributed by atoms with Crippen LogP contribution in [0, 0.1) is 0 Å². The van der Waals surface area contributed by atoms with Crippen molar-refractivity contribution in [3.63, 3.8) is 0 Å². The van der Waals surface area contributed by atoms with Crippen molar-refractivity contribution in [1.82, 2.24) is 5.16 Å². The van der Waals surface area contributed by atoms with Crippen LogP contribution in [0.3, 0.4) is 0 Å². The Hall–Kier alpha value is -2.33. The summed E-state index contributed by atoms with van der Waals surface area (Å²) in [4.78, 5) is 15.2. The number of thioether (sulfide) groups is 1. The minimum absolute atomic E-state index is 0.0129. The van der Waals surface area contributed by atoms with Gasteiger partial charge in [-0.15, -0.1) is 4.40 Å². The number of rotatable bonds is 2. The Morgan fingerprint density at radius 1 is 1.30 bits per heavy atom. The van der Waals surface area contributed by atoms with Crippen LogP contribution < -0.4 is 10.2 Å². The summed E-state index contributed by atoms with van der Waals surface area (Å²) in [6.45, 7) is 6.35. The van der Waals surface area contributed by atoms with Crippen molar-refractivity contribution in [2.75, 3.05) is 22.5 Å². The van der Waals surface area contributed by atoms with Crippen molar-refractivity contribution >= 4 is 44.4 Å². The highest BCUT2D eigenvalue weighted by molar-refractivity contribution is 8.15. The first-order valence-electron chi connectivity index (χ1n) is 8.33. The van der Waals surface area contributed by atoms with Crippen molar-refractivity contribution in [1.29, 1.82) is 0 Å². The first-order valence-corrected chi connectivity index (χ1v) is 10.8. The lowest BCUT2D eigenvalue weighted by Gasteiger charge is -2.22. The molecular weight excluding hydrogens is 388 g/mol. The molecule has 1 aromatic heterocycles. The van der Waals surface area contributed by atoms with Gasteiger partial charge < -0.3 is 14.7 Å². The van der Waals surface area contributed by atoms with Gasteiger partial charge in [0.2, 0.25) is 0 Å². The molecule has 0 aliphatic carbocycles. The Balaban J connectivity index is 1.55. The van der Waals surface area contributed by atoms with Gasteiger partial charge in [-0.25, -0.2) is 8.42 Å². The predicted molar refractivity (Wildman–Crippen MR) is 104 cm³/mol. The van der Waals surface area contributed by atoms with Crippen molar-refractivity contribution < 1.29 is 17.7 Å². The number of hydrogen-bond acceptors (Lipinski definition) is 7. The number of carbonyl (C=O) groups excluding carboxylic acids is 1. The number of carbonyl (C=O) groups is 1. The lowest BCUT2D eigenvalue weighted by Crippen LogP contribution is -2.35. The molecule has 2 aliphatic rings. The fraction of sp³-hybridized carbons (Fsp3) is 0.353. The molecule has 0 atom stereocenters. The van der Waals surface area contributed by atoms with Crippen molar-refractivity contribution in [3.8, 4) is 0 Å². The molecule has 0 unspecified atom stereocenters. The highest BCUT2D eigenvalue weighted by Gasteiger charge is 2.33. The molecule has 0 bridgehead atoms. The van der Waals surface area contributed by atoms with Gasteiger partial charge in [-0.05, 0) is 30.0 Å². The summed E-state index contributed by atoms with van der Waals surface area (Å²) >= 11 is 1.25. The van der Waals surface area contributed by atoms with E-state index < -0.39 is 10.0 Å². The fourth-order valence-electron chi connectivity index (χ4n) is 2.75. The van der Waals surface area contributed by atoms with Crippen LogP contribution in [0.5, 0.6) is 0 Å². The van der Waals surface area contributed by atoms with Gasteiger partial charge in [-0.3, -0.25) is 4.79 Å². The summed E-state index contributed by atoms with van der Waals surface area (Å²) < 4.78 is 32.5. The molecule has 4 rings (SSSR count). The maximum Gasteiger partial charge on any atom is 0.257 e. The standard InChI is InChI=1S/C17H18N4O4S2/c1-17(2,3)13-9-14(19-25-13)18-15(22)10-4-5-11-12(8-10)26-16-20-27(23,24)7-6-21(11)16/h4-5,8-9H,6-7H2,1-3H3,(H,18,19,22). The van der Waals surface area contributed by atoms with Crippen LogP contribution in [0.1, 0.15) is 36.9 Å². The van der Waals surface area contributed by atoms with E-state index in [0.29, 0.717) is 28.9 Å². The van der Waals surface area contributed by atoms with E-state index >= 15 is 0 Å². The number of sulfonamides is 1. The van der Waals surface area contributed by atoms with E-state index in [0.717, 1.165) is 10.6 Å². The normalized spacial score (nSPS) is 17.9. The average molecular weight is 406 g/mol. The minimum Gasteiger partial charge on any atom is -0.359 e. The van der Waals surface area contributed by atoms with E-state index in [9.17, 15) is 13.2 Å². The number of aromatic nitrogens is 1. The monoisotopic (exact) mass is 406 g/mol. The van der Waals surface area contributed by atoms with Crippen LogP contribution in [-0.4, -0.2) is 36.9 Å². The Kier molecular flexibility index (Phi) is 4.08. The second kappa shape index (κ2) is 6.10. The first-order chi connectivity index (χ1) is 12.6. The summed E-state index contributed by atoms with van der Waals surface area (Å²) in [7, 11) is -3.40. The largest absolute Gasteiger partial charge is 0.359 e. The number of fused-ring (bicyclic) bond motifs is 3. The van der Waals surface area contributed by atoms with Gasteiger partial charge in [0.15, 0.2) is 11.0 Å². The van der Waals surface area contributed by atoms with E-state index in [1.807, 2.05) is 25.7 Å². The second-order valence-corrected chi connectivity index (χ2v) is 10.1. The van der Waals surface area contributed by atoms with Crippen molar-refractivity contribution in [2.45, 2.75) is 31.1 Å². The third kappa shape index (κ3) is 3.46. The summed E-state index contributed by atoms with van der Waals surface area (Å²) in [5, 5.41) is 7.04. The molecule has 1 amide bonds. The van der Waals surface area contributed by atoms with Crippen LogP contribution in [0.4, 0.5) is 11.5 Å². The van der Waals surface area contributed by atoms with Crippen LogP contribution in [0.2, 0.25) is 0 Å². The zero-order valence-electron chi connectivity index (χ0n) is 15.0. The number of amidine groups is 1. The van der Waals surface area contributed by atoms with Crippen LogP contribution in [-0.2, 0) is 15.4 Å². The topological polar surface area (TPSA) is 105 Å². The van der Waals surface area contributed by atoms with E-state index in [2.05, 4.69) is 14.9 Å². The molecule has 0 saturated carbocycles. The molecule has 0 fully saturated rings. The van der Waals surface area contributed by atoms with Gasteiger partial charge in [0.1, 0.15) is 5.76 Å². The molecule has 142 valence electrons. The van der Waals surface area contributed by atoms with Gasteiger partial charge in [-0.2, -0.15) is 0 Å². The molecule has 8 nitrogen and oxygen atoms in total. The second-order valence-electron chi connectivity index (χ2n) is 7.38. The highest BCUT2D eigenvalue weighted by Crippen LogP contribution is 2.42. The van der Waals surface area contributed by atoms with Crippen LogP contribution in [0.15, 0.2) is 38.1 Å². The Morgan fingerprint density at radius 2 is 2.07 bits per heavy atom. The Bertz CT molecular complexity index is 1070. The van der Waals surface area contributed by atoms with Crippen LogP contribution in [0.25, 0.3) is 0 Å². The fourth-order valence-corrected chi connectivity index (χ4v) is 5.04. The molecule has 2 aliphatic heterocycles. The maximum atomic E-state index is 12.5. The van der Waals surface area contributed by atoms with Gasteiger partial charge in [0.05, 0.1) is 11.4 Å². The molecular formula is C17H18N4O4S2. The number of nitrogens with zero attached hydrogens (tertiary/aromatic N) is 3. The molecule has 2 aromatic rings. The zero-order valence-corrected chi connectivity index (χ0v) is 16.6. The average Bonchev–Trinajstić information content (AvgIpc) is 3.16. The number of amides is 1. The number of benzene rings is 1. The molecule has 1 N–H and O–H groups in total. The smallest absolute Gasteiger partial charge is 0.257 e. The van der Waals surface area contributed by atoms with E-state index in [-0.39, 0.29) is 17.1 Å². The van der Waals surface area contributed by atoms with E-state index in [1.165, 1.54) is 11.8 Å². The lowest BCUT2D eigenvalue weighted by molar-refractivity contribution is 0.102. The van der Waals surface area contributed by atoms with Gasteiger partial charge >= 0.3 is 0 Å². The SMILES string of the molecule is CC(C)(C)c1cc(NC(=O)c2ccc3c(c2)SC2=NS(=O)(=O)CCN23)no1. The molecule has 0 spiro atoms. The molecule has 10 heteroatoms. The maximum absolute atomic E-state index is 12.5. The highest BCUT2D eigenvalue weighted by atomic mass is 32.2. The molecule has 0 radical (unpaired) electrons. The number of anilines is 2. The van der Waals surface area contributed by atoms with E-state index in [4.69, 9.17) is 4.52 Å². The van der Waals surface area contributed by atoms with E-state index in [1.54, 1.807) is 24.3 Å². The summed E-state index contributed by atoms with van der Waals surface area (Å²) in [5.74, 6) is 0.706. The Morgan fingerprint density at radius 3 is 2.78 bits per heavy atom. The quantitative estimate of drug-likeness (QED) is 0.817. The minimum atomic E-state index is -3.40. The third-order valence-corrected chi connectivity index (χ3v) is 6.53. The van der Waals surface area contributed by atoms with Crippen molar-refractivity contribution in [2.24, 2.45) is 4.40 Å². The molecule has 27 heavy (non-hydrogen) atoms. The third-order valence-electron chi connectivity index (χ3n) is 4.23. The molecule has 1 aromatic carbocycles. The molecule has 0 saturated heterocycles. The van der Waals surface area contributed by atoms with Gasteiger partial charge in [-0.1, -0.05) is 25.9 Å². The number of hydrogen-bond donors (Lipinski definition) is 1.